The second-order valence-corrected chi connectivity index (χ2v) is 6.89. The van der Waals surface area contributed by atoms with E-state index in [0.717, 1.165) is 26.1 Å². The van der Waals surface area contributed by atoms with Crippen molar-refractivity contribution in [2.75, 3.05) is 25.6 Å². The molecule has 3 heterocycles. The first-order valence-electron chi connectivity index (χ1n) is 7.04. The minimum Gasteiger partial charge on any atom is -0.381 e. The monoisotopic (exact) mass is 339 g/mol. The molecule has 1 aliphatic heterocycles. The lowest BCUT2D eigenvalue weighted by atomic mass is 9.99. The van der Waals surface area contributed by atoms with Gasteiger partial charge in [-0.05, 0) is 18.8 Å². The van der Waals surface area contributed by atoms with Crippen molar-refractivity contribution < 1.29 is 14.3 Å². The Bertz CT molecular complexity index is 635. The molecule has 0 radical (unpaired) electrons. The van der Waals surface area contributed by atoms with Crippen LogP contribution in [0.2, 0.25) is 0 Å². The molecule has 118 valence electrons. The van der Waals surface area contributed by atoms with E-state index in [1.54, 1.807) is 12.6 Å². The van der Waals surface area contributed by atoms with E-state index in [1.807, 2.05) is 6.20 Å². The van der Waals surface area contributed by atoms with Crippen molar-refractivity contribution in [1.29, 1.82) is 0 Å². The molecular formula is C14H17N3O3S2. The molecule has 1 aliphatic rings. The Morgan fingerprint density at radius 3 is 3.05 bits per heavy atom. The molecule has 3 rings (SSSR count). The first-order valence-corrected chi connectivity index (χ1v) is 8.73. The third kappa shape index (κ3) is 3.52. The Balaban J connectivity index is 1.66. The average molecular weight is 339 g/mol. The number of amides is 1. The first-order chi connectivity index (χ1) is 10.8. The van der Waals surface area contributed by atoms with Gasteiger partial charge in [0.1, 0.15) is 4.88 Å². The molecule has 0 aliphatic carbocycles. The largest absolute Gasteiger partial charge is 0.381 e. The Morgan fingerprint density at radius 2 is 2.27 bits per heavy atom. The maximum Gasteiger partial charge on any atom is 0.269 e. The van der Waals surface area contributed by atoms with Gasteiger partial charge in [-0.2, -0.15) is 0 Å². The zero-order chi connectivity index (χ0) is 15.4. The molecule has 6 nitrogen and oxygen atoms in total. The van der Waals surface area contributed by atoms with Crippen LogP contribution in [0.5, 0.6) is 0 Å². The number of thiazole rings is 2. The normalized spacial score (nSPS) is 15.9. The summed E-state index contributed by atoms with van der Waals surface area (Å²) in [6.45, 7) is 1.93. The van der Waals surface area contributed by atoms with Crippen LogP contribution in [0.25, 0.3) is 0 Å². The van der Waals surface area contributed by atoms with Crippen molar-refractivity contribution >= 4 is 33.7 Å². The first kappa shape index (κ1) is 15.5. The lowest BCUT2D eigenvalue weighted by Gasteiger charge is -2.20. The highest BCUT2D eigenvalue weighted by Crippen LogP contribution is 2.33. The lowest BCUT2D eigenvalue weighted by molar-refractivity contribution is 0.0859. The van der Waals surface area contributed by atoms with Gasteiger partial charge in [0.15, 0.2) is 5.13 Å². The SMILES string of the molecule is COCc1ncsc1C(=O)Nc1ncc(C2CCOCC2)s1. The predicted octanol–water partition coefficient (Wildman–Crippen LogP) is 2.89. The number of hydrogen-bond donors (Lipinski definition) is 1. The standard InChI is InChI=1S/C14H17N3O3S2/c1-19-7-10-12(21-8-16-10)13(18)17-14-15-6-11(22-14)9-2-4-20-5-3-9/h6,8-9H,2-5,7H2,1H3,(H,15,17,18). The maximum atomic E-state index is 12.3. The van der Waals surface area contributed by atoms with Crippen molar-refractivity contribution in [3.63, 3.8) is 0 Å². The van der Waals surface area contributed by atoms with Crippen LogP contribution >= 0.6 is 22.7 Å². The molecule has 0 unspecified atom stereocenters. The number of carbonyl (C=O) groups excluding carboxylic acids is 1. The Morgan fingerprint density at radius 1 is 1.45 bits per heavy atom. The number of nitrogens with zero attached hydrogens (tertiary/aromatic N) is 2. The van der Waals surface area contributed by atoms with E-state index in [4.69, 9.17) is 9.47 Å². The molecule has 0 saturated carbocycles. The van der Waals surface area contributed by atoms with Crippen LogP contribution in [-0.4, -0.2) is 36.2 Å². The van der Waals surface area contributed by atoms with Crippen LogP contribution in [-0.2, 0) is 16.1 Å². The molecule has 8 heteroatoms. The van der Waals surface area contributed by atoms with E-state index < -0.39 is 0 Å². The number of rotatable bonds is 5. The molecule has 1 amide bonds. The lowest BCUT2D eigenvalue weighted by Crippen LogP contribution is -2.13. The summed E-state index contributed by atoms with van der Waals surface area (Å²) >= 11 is 2.85. The topological polar surface area (TPSA) is 73.3 Å². The Hall–Kier alpha value is -1.35. The zero-order valence-corrected chi connectivity index (χ0v) is 13.8. The van der Waals surface area contributed by atoms with Gasteiger partial charge in [-0.25, -0.2) is 9.97 Å². The summed E-state index contributed by atoms with van der Waals surface area (Å²) in [4.78, 5) is 22.6. The van der Waals surface area contributed by atoms with Gasteiger partial charge in [0, 0.05) is 31.4 Å². The fraction of sp³-hybridized carbons (Fsp3) is 0.500. The van der Waals surface area contributed by atoms with Crippen LogP contribution in [0, 0.1) is 0 Å². The van der Waals surface area contributed by atoms with Crippen LogP contribution in [0.3, 0.4) is 0 Å². The van der Waals surface area contributed by atoms with E-state index >= 15 is 0 Å². The minimum atomic E-state index is -0.178. The predicted molar refractivity (Wildman–Crippen MR) is 85.7 cm³/mol. The number of aromatic nitrogens is 2. The summed E-state index contributed by atoms with van der Waals surface area (Å²) < 4.78 is 10.4. The zero-order valence-electron chi connectivity index (χ0n) is 12.2. The third-order valence-corrected chi connectivity index (χ3v) is 5.44. The highest BCUT2D eigenvalue weighted by atomic mass is 32.1. The highest BCUT2D eigenvalue weighted by Gasteiger charge is 2.20. The molecule has 0 bridgehead atoms. The molecule has 0 spiro atoms. The minimum absolute atomic E-state index is 0.178. The Labute approximate surface area is 136 Å². The van der Waals surface area contributed by atoms with Crippen molar-refractivity contribution in [1.82, 2.24) is 9.97 Å². The van der Waals surface area contributed by atoms with E-state index in [1.165, 1.54) is 27.6 Å². The fourth-order valence-electron chi connectivity index (χ4n) is 2.36. The van der Waals surface area contributed by atoms with Crippen LogP contribution in [0.1, 0.15) is 39.0 Å². The van der Waals surface area contributed by atoms with E-state index in [9.17, 15) is 4.79 Å². The number of methoxy groups -OCH3 is 1. The number of ether oxygens (including phenoxy) is 2. The third-order valence-electron chi connectivity index (χ3n) is 3.50. The molecule has 2 aromatic rings. The maximum absolute atomic E-state index is 12.3. The van der Waals surface area contributed by atoms with E-state index in [0.29, 0.717) is 28.2 Å². The Kier molecular flexibility index (Phi) is 5.14. The van der Waals surface area contributed by atoms with Crippen LogP contribution < -0.4 is 5.32 Å². The quantitative estimate of drug-likeness (QED) is 0.907. The molecule has 1 N–H and O–H groups in total. The number of hydrogen-bond acceptors (Lipinski definition) is 7. The summed E-state index contributed by atoms with van der Waals surface area (Å²) in [6.07, 6.45) is 3.89. The van der Waals surface area contributed by atoms with Gasteiger partial charge in [-0.3, -0.25) is 10.1 Å². The number of nitrogens with one attached hydrogen (secondary N) is 1. The van der Waals surface area contributed by atoms with E-state index in [2.05, 4.69) is 15.3 Å². The molecule has 1 saturated heterocycles. The van der Waals surface area contributed by atoms with Gasteiger partial charge >= 0.3 is 0 Å². The van der Waals surface area contributed by atoms with Crippen LogP contribution in [0.4, 0.5) is 5.13 Å². The summed E-state index contributed by atoms with van der Waals surface area (Å²) in [5.41, 5.74) is 2.31. The van der Waals surface area contributed by atoms with Crippen molar-refractivity contribution in [2.24, 2.45) is 0 Å². The molecule has 2 aromatic heterocycles. The van der Waals surface area contributed by atoms with Crippen molar-refractivity contribution in [3.05, 3.63) is 27.2 Å². The smallest absolute Gasteiger partial charge is 0.269 e. The van der Waals surface area contributed by atoms with Gasteiger partial charge in [0.25, 0.3) is 5.91 Å². The fourth-order valence-corrected chi connectivity index (χ4v) is 4.03. The number of anilines is 1. The van der Waals surface area contributed by atoms with Gasteiger partial charge < -0.3 is 9.47 Å². The summed E-state index contributed by atoms with van der Waals surface area (Å²) in [7, 11) is 1.59. The molecule has 1 fully saturated rings. The summed E-state index contributed by atoms with van der Waals surface area (Å²) in [5, 5.41) is 3.48. The van der Waals surface area contributed by atoms with E-state index in [-0.39, 0.29) is 5.91 Å². The highest BCUT2D eigenvalue weighted by molar-refractivity contribution is 7.16. The molecule has 0 aromatic carbocycles. The van der Waals surface area contributed by atoms with Crippen molar-refractivity contribution in [3.8, 4) is 0 Å². The molecule has 22 heavy (non-hydrogen) atoms. The van der Waals surface area contributed by atoms with Gasteiger partial charge in [-0.1, -0.05) is 0 Å². The van der Waals surface area contributed by atoms with Gasteiger partial charge in [0.2, 0.25) is 0 Å². The molecule has 0 atom stereocenters. The second-order valence-electron chi connectivity index (χ2n) is 4.97. The van der Waals surface area contributed by atoms with Crippen molar-refractivity contribution in [2.45, 2.75) is 25.4 Å². The second kappa shape index (κ2) is 7.28. The summed E-state index contributed by atoms with van der Waals surface area (Å²) in [5.74, 6) is 0.312. The number of carbonyl (C=O) groups is 1. The average Bonchev–Trinajstić information content (AvgIpc) is 3.18. The van der Waals surface area contributed by atoms with Crippen LogP contribution in [0.15, 0.2) is 11.7 Å². The molecular weight excluding hydrogens is 322 g/mol. The van der Waals surface area contributed by atoms with Gasteiger partial charge in [-0.15, -0.1) is 22.7 Å². The summed E-state index contributed by atoms with van der Waals surface area (Å²) in [6, 6.07) is 0. The van der Waals surface area contributed by atoms with Gasteiger partial charge in [0.05, 0.1) is 17.8 Å².